The van der Waals surface area contributed by atoms with E-state index in [-0.39, 0.29) is 6.61 Å². The molecule has 0 atom stereocenters. The summed E-state index contributed by atoms with van der Waals surface area (Å²) >= 11 is 5.80. The number of aliphatic hydroxyl groups excluding tert-OH is 1. The Labute approximate surface area is 100 Å². The van der Waals surface area contributed by atoms with Gasteiger partial charge in [0.25, 0.3) is 0 Å². The topological polar surface area (TPSA) is 51.6 Å². The molecule has 4 nitrogen and oxygen atoms in total. The van der Waals surface area contributed by atoms with Crippen molar-refractivity contribution in [1.29, 1.82) is 0 Å². The molecule has 16 heavy (non-hydrogen) atoms. The minimum atomic E-state index is -0.121. The lowest BCUT2D eigenvalue weighted by atomic mass is 10.3. The summed E-state index contributed by atoms with van der Waals surface area (Å²) in [5.74, 6) is 0.452. The van der Waals surface area contributed by atoms with E-state index >= 15 is 0 Å². The molecule has 1 heterocycles. The van der Waals surface area contributed by atoms with E-state index in [1.807, 2.05) is 0 Å². The van der Waals surface area contributed by atoms with E-state index in [9.17, 15) is 0 Å². The molecule has 0 radical (unpaired) electrons. The van der Waals surface area contributed by atoms with Crippen LogP contribution in [0.5, 0.6) is 5.88 Å². The molecule has 5 heteroatoms. The summed E-state index contributed by atoms with van der Waals surface area (Å²) < 4.78 is 10.6. The Morgan fingerprint density at radius 1 is 1.38 bits per heavy atom. The van der Waals surface area contributed by atoms with Gasteiger partial charge in [-0.25, -0.2) is 4.98 Å². The first-order valence-electron chi connectivity index (χ1n) is 5.23. The van der Waals surface area contributed by atoms with Gasteiger partial charge in [0.1, 0.15) is 6.61 Å². The number of hydrogen-bond acceptors (Lipinski definition) is 4. The van der Waals surface area contributed by atoms with E-state index in [2.05, 4.69) is 11.9 Å². The smallest absolute Gasteiger partial charge is 0.213 e. The van der Waals surface area contributed by atoms with Crippen molar-refractivity contribution < 1.29 is 14.6 Å². The number of rotatable bonds is 7. The molecule has 0 unspecified atom stereocenters. The van der Waals surface area contributed by atoms with Crippen LogP contribution in [0.2, 0.25) is 5.02 Å². The molecule has 0 aliphatic rings. The maximum Gasteiger partial charge on any atom is 0.213 e. The highest BCUT2D eigenvalue weighted by Crippen LogP contribution is 2.18. The Balaban J connectivity index is 2.36. The predicted octanol–water partition coefficient (Wildman–Crippen LogP) is 2.03. The van der Waals surface area contributed by atoms with Gasteiger partial charge in [-0.2, -0.15) is 0 Å². The SMILES string of the molecule is CCCOCCOc1cc(CO)c(Cl)cn1. The molecule has 0 aliphatic heterocycles. The average Bonchev–Trinajstić information content (AvgIpc) is 2.31. The van der Waals surface area contributed by atoms with Crippen molar-refractivity contribution >= 4 is 11.6 Å². The van der Waals surface area contributed by atoms with E-state index in [1.165, 1.54) is 6.20 Å². The number of aromatic nitrogens is 1. The summed E-state index contributed by atoms with van der Waals surface area (Å²) in [6.45, 7) is 3.64. The van der Waals surface area contributed by atoms with Crippen LogP contribution in [-0.4, -0.2) is 29.9 Å². The average molecular weight is 246 g/mol. The van der Waals surface area contributed by atoms with Crippen LogP contribution in [0.4, 0.5) is 0 Å². The molecular weight excluding hydrogens is 230 g/mol. The summed E-state index contributed by atoms with van der Waals surface area (Å²) in [6, 6.07) is 1.63. The second-order valence-electron chi connectivity index (χ2n) is 3.23. The second-order valence-corrected chi connectivity index (χ2v) is 3.64. The lowest BCUT2D eigenvalue weighted by Crippen LogP contribution is -2.08. The van der Waals surface area contributed by atoms with Crippen LogP contribution in [0.3, 0.4) is 0 Å². The van der Waals surface area contributed by atoms with Gasteiger partial charge in [0.05, 0.1) is 18.2 Å². The minimum absolute atomic E-state index is 0.121. The zero-order valence-corrected chi connectivity index (χ0v) is 10.0. The molecule has 1 aromatic rings. The van der Waals surface area contributed by atoms with Crippen LogP contribution in [0.1, 0.15) is 18.9 Å². The van der Waals surface area contributed by atoms with E-state index < -0.39 is 0 Å². The molecule has 0 fully saturated rings. The van der Waals surface area contributed by atoms with Crippen molar-refractivity contribution in [3.05, 3.63) is 22.8 Å². The Kier molecular flexibility index (Phi) is 6.15. The van der Waals surface area contributed by atoms with Gasteiger partial charge in [0.2, 0.25) is 5.88 Å². The fraction of sp³-hybridized carbons (Fsp3) is 0.545. The van der Waals surface area contributed by atoms with Crippen LogP contribution in [0.25, 0.3) is 0 Å². The molecule has 0 aliphatic carbocycles. The minimum Gasteiger partial charge on any atom is -0.475 e. The second kappa shape index (κ2) is 7.44. The van der Waals surface area contributed by atoms with Gasteiger partial charge < -0.3 is 14.6 Å². The van der Waals surface area contributed by atoms with Gasteiger partial charge in [-0.05, 0) is 6.42 Å². The number of nitrogens with zero attached hydrogens (tertiary/aromatic N) is 1. The third-order valence-corrected chi connectivity index (χ3v) is 2.25. The standard InChI is InChI=1S/C11H16ClNO3/c1-2-3-15-4-5-16-11-6-9(8-14)10(12)7-13-11/h6-7,14H,2-5,8H2,1H3. The molecule has 0 spiro atoms. The zero-order valence-electron chi connectivity index (χ0n) is 9.28. The van der Waals surface area contributed by atoms with E-state index in [0.29, 0.717) is 29.7 Å². The lowest BCUT2D eigenvalue weighted by molar-refractivity contribution is 0.0989. The highest BCUT2D eigenvalue weighted by atomic mass is 35.5. The fourth-order valence-corrected chi connectivity index (χ4v) is 1.27. The maximum atomic E-state index is 8.99. The van der Waals surface area contributed by atoms with Crippen LogP contribution in [-0.2, 0) is 11.3 Å². The molecule has 90 valence electrons. The molecule has 0 bridgehead atoms. The normalized spacial score (nSPS) is 10.4. The first-order chi connectivity index (χ1) is 7.77. The Bertz CT molecular complexity index is 320. The van der Waals surface area contributed by atoms with Crippen molar-refractivity contribution in [3.8, 4) is 5.88 Å². The number of ether oxygens (including phenoxy) is 2. The monoisotopic (exact) mass is 245 g/mol. The highest BCUT2D eigenvalue weighted by molar-refractivity contribution is 6.31. The van der Waals surface area contributed by atoms with Gasteiger partial charge >= 0.3 is 0 Å². The molecule has 0 saturated carbocycles. The molecule has 1 rings (SSSR count). The number of pyridine rings is 1. The van der Waals surface area contributed by atoms with Crippen molar-refractivity contribution in [2.24, 2.45) is 0 Å². The largest absolute Gasteiger partial charge is 0.475 e. The highest BCUT2D eigenvalue weighted by Gasteiger charge is 2.02. The lowest BCUT2D eigenvalue weighted by Gasteiger charge is -2.07. The first kappa shape index (κ1) is 13.2. The van der Waals surface area contributed by atoms with E-state index in [0.717, 1.165) is 13.0 Å². The third kappa shape index (κ3) is 4.35. The van der Waals surface area contributed by atoms with Crippen molar-refractivity contribution in [3.63, 3.8) is 0 Å². The van der Waals surface area contributed by atoms with Gasteiger partial charge in [-0.15, -0.1) is 0 Å². The van der Waals surface area contributed by atoms with Gasteiger partial charge in [-0.1, -0.05) is 18.5 Å². The molecule has 1 N–H and O–H groups in total. The van der Waals surface area contributed by atoms with Gasteiger partial charge in [0.15, 0.2) is 0 Å². The van der Waals surface area contributed by atoms with Gasteiger partial charge in [0, 0.05) is 24.4 Å². The molecular formula is C11H16ClNO3. The van der Waals surface area contributed by atoms with Crippen molar-refractivity contribution in [2.75, 3.05) is 19.8 Å². The summed E-state index contributed by atoms with van der Waals surface area (Å²) in [4.78, 5) is 3.98. The molecule has 0 aromatic carbocycles. The fourth-order valence-electron chi connectivity index (χ4n) is 1.11. The summed E-state index contributed by atoms with van der Waals surface area (Å²) in [7, 11) is 0. The summed E-state index contributed by atoms with van der Waals surface area (Å²) in [6.07, 6.45) is 2.46. The van der Waals surface area contributed by atoms with Crippen molar-refractivity contribution in [1.82, 2.24) is 4.98 Å². The van der Waals surface area contributed by atoms with Gasteiger partial charge in [-0.3, -0.25) is 0 Å². The maximum absolute atomic E-state index is 8.99. The van der Waals surface area contributed by atoms with E-state index in [4.69, 9.17) is 26.2 Å². The first-order valence-corrected chi connectivity index (χ1v) is 5.61. The quantitative estimate of drug-likeness (QED) is 0.747. The Morgan fingerprint density at radius 2 is 2.19 bits per heavy atom. The zero-order chi connectivity index (χ0) is 11.8. The molecule has 0 amide bonds. The van der Waals surface area contributed by atoms with Crippen LogP contribution < -0.4 is 4.74 Å². The Morgan fingerprint density at radius 3 is 2.88 bits per heavy atom. The Hall–Kier alpha value is -0.840. The molecule has 1 aromatic heterocycles. The van der Waals surface area contributed by atoms with Crippen LogP contribution in [0.15, 0.2) is 12.3 Å². The number of aliphatic hydroxyl groups is 1. The number of halogens is 1. The number of hydrogen-bond donors (Lipinski definition) is 1. The predicted molar refractivity (Wildman–Crippen MR) is 61.8 cm³/mol. The summed E-state index contributed by atoms with van der Waals surface area (Å²) in [5.41, 5.74) is 0.612. The molecule has 0 saturated heterocycles. The summed E-state index contributed by atoms with van der Waals surface area (Å²) in [5, 5.41) is 9.43. The van der Waals surface area contributed by atoms with Crippen LogP contribution >= 0.6 is 11.6 Å². The van der Waals surface area contributed by atoms with Crippen molar-refractivity contribution in [2.45, 2.75) is 20.0 Å². The van der Waals surface area contributed by atoms with Crippen LogP contribution in [0, 0.1) is 0 Å². The van der Waals surface area contributed by atoms with E-state index in [1.54, 1.807) is 6.07 Å². The third-order valence-electron chi connectivity index (χ3n) is 1.91.